The molecule has 164 valence electrons. The summed E-state index contributed by atoms with van der Waals surface area (Å²) in [7, 11) is 5.75. The van der Waals surface area contributed by atoms with Crippen molar-refractivity contribution in [3.63, 3.8) is 0 Å². The van der Waals surface area contributed by atoms with Crippen LogP contribution in [-0.2, 0) is 11.3 Å². The molecule has 0 saturated carbocycles. The van der Waals surface area contributed by atoms with Crippen molar-refractivity contribution in [2.75, 3.05) is 47.4 Å². The highest BCUT2D eigenvalue weighted by Crippen LogP contribution is 2.20. The fourth-order valence-corrected chi connectivity index (χ4v) is 3.88. The lowest BCUT2D eigenvalue weighted by atomic mass is 10.1. The smallest absolute Gasteiger partial charge is 0.253 e. The number of rotatable bonds is 9. The van der Waals surface area contributed by atoms with Gasteiger partial charge in [0.05, 0.1) is 19.8 Å². The van der Waals surface area contributed by atoms with Crippen molar-refractivity contribution in [1.29, 1.82) is 0 Å². The second-order valence-electron chi connectivity index (χ2n) is 7.98. The van der Waals surface area contributed by atoms with Gasteiger partial charge in [0.15, 0.2) is 5.11 Å². The third kappa shape index (κ3) is 6.17. The maximum atomic E-state index is 12.7. The molecule has 1 aliphatic heterocycles. The number of aromatic amines is 1. The minimum absolute atomic E-state index is 0.0968. The number of thiocarbonyl (C=S) groups is 1. The zero-order valence-electron chi connectivity index (χ0n) is 18.1. The van der Waals surface area contributed by atoms with Crippen LogP contribution in [0.4, 0.5) is 0 Å². The topological polar surface area (TPSA) is 69.8 Å². The molecule has 1 aromatic heterocycles. The second-order valence-corrected chi connectivity index (χ2v) is 8.37. The van der Waals surface area contributed by atoms with Crippen LogP contribution < -0.4 is 15.6 Å². The number of hydrogen-bond donors (Lipinski definition) is 2. The number of nitrogens with zero attached hydrogens (tertiary/aromatic N) is 2. The number of benzene rings is 1. The zero-order valence-corrected chi connectivity index (χ0v) is 18.9. The molecular formula is C22H32N4O3S. The van der Waals surface area contributed by atoms with Crippen molar-refractivity contribution in [2.24, 2.45) is 0 Å². The Hall–Kier alpha value is -2.16. The van der Waals surface area contributed by atoms with Gasteiger partial charge in [0.2, 0.25) is 0 Å². The number of nitrogens with one attached hydrogen (secondary N) is 2. The Morgan fingerprint density at radius 2 is 2.20 bits per heavy atom. The number of fused-ring (bicyclic) bond motifs is 1. The van der Waals surface area contributed by atoms with Crippen molar-refractivity contribution in [3.05, 3.63) is 40.2 Å². The van der Waals surface area contributed by atoms with E-state index >= 15 is 0 Å². The first-order valence-electron chi connectivity index (χ1n) is 10.5. The number of pyridine rings is 1. The molecule has 0 unspecified atom stereocenters. The van der Waals surface area contributed by atoms with Crippen LogP contribution in [-0.4, -0.2) is 73.4 Å². The molecular weight excluding hydrogens is 400 g/mol. The van der Waals surface area contributed by atoms with E-state index in [-0.39, 0.29) is 11.7 Å². The van der Waals surface area contributed by atoms with Crippen LogP contribution in [0.5, 0.6) is 5.75 Å². The Balaban J connectivity index is 1.76. The first kappa shape index (κ1) is 22.5. The fraction of sp³-hybridized carbons (Fsp3) is 0.545. The molecule has 1 aliphatic rings. The number of hydrogen-bond acceptors (Lipinski definition) is 5. The fourth-order valence-electron chi connectivity index (χ4n) is 3.64. The molecule has 0 radical (unpaired) electrons. The van der Waals surface area contributed by atoms with Gasteiger partial charge in [-0.15, -0.1) is 0 Å². The molecule has 8 heteroatoms. The van der Waals surface area contributed by atoms with Gasteiger partial charge < -0.3 is 29.6 Å². The average Bonchev–Trinajstić information content (AvgIpc) is 3.23. The van der Waals surface area contributed by atoms with Gasteiger partial charge >= 0.3 is 0 Å². The molecule has 2 aromatic rings. The number of ether oxygens (including phenoxy) is 2. The highest BCUT2D eigenvalue weighted by atomic mass is 32.1. The summed E-state index contributed by atoms with van der Waals surface area (Å²) in [4.78, 5) is 19.9. The summed E-state index contributed by atoms with van der Waals surface area (Å²) in [6, 6.07) is 7.56. The van der Waals surface area contributed by atoms with Gasteiger partial charge in [-0.05, 0) is 76.4 Å². The lowest BCUT2D eigenvalue weighted by Gasteiger charge is -2.28. The van der Waals surface area contributed by atoms with E-state index in [1.54, 1.807) is 7.11 Å². The summed E-state index contributed by atoms with van der Waals surface area (Å²) in [5, 5.41) is 4.95. The largest absolute Gasteiger partial charge is 0.497 e. The molecule has 7 nitrogen and oxygen atoms in total. The van der Waals surface area contributed by atoms with Crippen molar-refractivity contribution in [1.82, 2.24) is 20.1 Å². The third-order valence-electron chi connectivity index (χ3n) is 5.28. The van der Waals surface area contributed by atoms with Crippen LogP contribution in [0.25, 0.3) is 10.9 Å². The molecule has 0 bridgehead atoms. The van der Waals surface area contributed by atoms with Gasteiger partial charge in [-0.2, -0.15) is 0 Å². The number of aromatic nitrogens is 1. The van der Waals surface area contributed by atoms with Gasteiger partial charge in [-0.1, -0.05) is 0 Å². The Kier molecular flexibility index (Phi) is 8.07. The minimum atomic E-state index is -0.0968. The lowest BCUT2D eigenvalue weighted by molar-refractivity contribution is 0.0897. The maximum Gasteiger partial charge on any atom is 0.253 e. The summed E-state index contributed by atoms with van der Waals surface area (Å²) in [6.45, 7) is 3.69. The highest BCUT2D eigenvalue weighted by Gasteiger charge is 2.22. The van der Waals surface area contributed by atoms with E-state index in [4.69, 9.17) is 21.7 Å². The van der Waals surface area contributed by atoms with Gasteiger partial charge in [0.25, 0.3) is 5.56 Å². The number of methoxy groups -OCH3 is 1. The van der Waals surface area contributed by atoms with Crippen molar-refractivity contribution in [2.45, 2.75) is 31.9 Å². The zero-order chi connectivity index (χ0) is 21.5. The van der Waals surface area contributed by atoms with Crippen molar-refractivity contribution in [3.8, 4) is 5.75 Å². The molecule has 1 fully saturated rings. The van der Waals surface area contributed by atoms with Gasteiger partial charge in [0, 0.05) is 36.2 Å². The van der Waals surface area contributed by atoms with E-state index in [0.717, 1.165) is 55.6 Å². The molecule has 2 N–H and O–H groups in total. The van der Waals surface area contributed by atoms with Gasteiger partial charge in [-0.3, -0.25) is 4.79 Å². The lowest BCUT2D eigenvalue weighted by Crippen LogP contribution is -2.44. The van der Waals surface area contributed by atoms with E-state index in [0.29, 0.717) is 23.8 Å². The molecule has 1 atom stereocenters. The van der Waals surface area contributed by atoms with Gasteiger partial charge in [-0.25, -0.2) is 0 Å². The summed E-state index contributed by atoms with van der Waals surface area (Å²) in [5.41, 5.74) is 1.37. The summed E-state index contributed by atoms with van der Waals surface area (Å²) < 4.78 is 11.1. The van der Waals surface area contributed by atoms with E-state index < -0.39 is 0 Å². The van der Waals surface area contributed by atoms with E-state index in [2.05, 4.69) is 34.2 Å². The van der Waals surface area contributed by atoms with E-state index in [1.807, 2.05) is 24.3 Å². The third-order valence-corrected chi connectivity index (χ3v) is 5.69. The molecule has 0 aliphatic carbocycles. The Bertz CT molecular complexity index is 909. The van der Waals surface area contributed by atoms with Crippen LogP contribution in [0.2, 0.25) is 0 Å². The predicted molar refractivity (Wildman–Crippen MR) is 124 cm³/mol. The average molecular weight is 433 g/mol. The minimum Gasteiger partial charge on any atom is -0.497 e. The first-order valence-corrected chi connectivity index (χ1v) is 10.9. The molecule has 2 heterocycles. The van der Waals surface area contributed by atoms with Crippen LogP contribution in [0.1, 0.15) is 24.8 Å². The van der Waals surface area contributed by atoms with E-state index in [1.165, 1.54) is 0 Å². The Labute approximate surface area is 183 Å². The summed E-state index contributed by atoms with van der Waals surface area (Å²) in [5.74, 6) is 0.759. The van der Waals surface area contributed by atoms with Crippen molar-refractivity contribution < 1.29 is 9.47 Å². The molecule has 0 spiro atoms. The monoisotopic (exact) mass is 432 g/mol. The quantitative estimate of drug-likeness (QED) is 0.466. The maximum absolute atomic E-state index is 12.7. The van der Waals surface area contributed by atoms with E-state index in [9.17, 15) is 4.79 Å². The molecule has 0 amide bonds. The number of H-pyrrole nitrogens is 1. The summed E-state index contributed by atoms with van der Waals surface area (Å²) >= 11 is 5.68. The van der Waals surface area contributed by atoms with Crippen molar-refractivity contribution >= 4 is 28.2 Å². The Morgan fingerprint density at radius 1 is 1.37 bits per heavy atom. The van der Waals surface area contributed by atoms with Crippen LogP contribution in [0.3, 0.4) is 0 Å². The first-order chi connectivity index (χ1) is 14.5. The second kappa shape index (κ2) is 10.7. The molecule has 3 rings (SSSR count). The van der Waals surface area contributed by atoms with Crippen LogP contribution in [0, 0.1) is 0 Å². The SMILES string of the molecule is COc1ccc2[nH]c(=O)c(CN(C[C@@H]3CCCO3)C(=S)NCCCN(C)C)cc2c1. The molecule has 1 aromatic carbocycles. The molecule has 1 saturated heterocycles. The standard InChI is InChI=1S/C22H32N4O3S/c1-25(2)10-5-9-23-22(30)26(15-19-6-4-11-29-19)14-17-12-16-13-18(28-3)7-8-20(16)24-21(17)27/h7-8,12-13,19H,4-6,9-11,14-15H2,1-3H3,(H,23,30)(H,24,27)/t19-/m0/s1. The van der Waals surface area contributed by atoms with Crippen LogP contribution in [0.15, 0.2) is 29.1 Å². The van der Waals surface area contributed by atoms with Gasteiger partial charge in [0.1, 0.15) is 5.75 Å². The molecule has 30 heavy (non-hydrogen) atoms. The normalized spacial score (nSPS) is 16.2. The highest BCUT2D eigenvalue weighted by molar-refractivity contribution is 7.80. The van der Waals surface area contributed by atoms with Crippen LogP contribution >= 0.6 is 12.2 Å². The Morgan fingerprint density at radius 3 is 2.90 bits per heavy atom. The predicted octanol–water partition coefficient (Wildman–Crippen LogP) is 2.34. The summed E-state index contributed by atoms with van der Waals surface area (Å²) in [6.07, 6.45) is 3.23.